The Morgan fingerprint density at radius 3 is 2.46 bits per heavy atom. The molecule has 3 N–H and O–H groups in total. The lowest BCUT2D eigenvalue weighted by molar-refractivity contribution is -0.122. The maximum Gasteiger partial charge on any atom is 0.338 e. The van der Waals surface area contributed by atoms with E-state index in [2.05, 4.69) is 5.32 Å². The van der Waals surface area contributed by atoms with Gasteiger partial charge in [0.05, 0.1) is 12.7 Å². The van der Waals surface area contributed by atoms with E-state index in [4.69, 9.17) is 10.5 Å². The molecular formula is C19H26N2O3. The molecule has 2 bridgehead atoms. The Balaban J connectivity index is 1.67. The van der Waals surface area contributed by atoms with Gasteiger partial charge in [0.25, 0.3) is 0 Å². The van der Waals surface area contributed by atoms with E-state index >= 15 is 0 Å². The molecule has 2 fully saturated rings. The third kappa shape index (κ3) is 3.31. The van der Waals surface area contributed by atoms with Crippen LogP contribution in [0.2, 0.25) is 0 Å². The predicted octanol–water partition coefficient (Wildman–Crippen LogP) is 2.87. The number of carbonyl (C=O) groups excluding carboxylic acids is 2. The summed E-state index contributed by atoms with van der Waals surface area (Å²) >= 11 is 0. The van der Waals surface area contributed by atoms with E-state index in [1.807, 2.05) is 13.0 Å². The number of hydrogen-bond acceptors (Lipinski definition) is 4. The van der Waals surface area contributed by atoms with Crippen LogP contribution in [0.15, 0.2) is 18.2 Å². The number of esters is 1. The number of fused-ring (bicyclic) bond motifs is 2. The molecule has 1 aromatic rings. The lowest BCUT2D eigenvalue weighted by atomic mass is 9.65. The van der Waals surface area contributed by atoms with Gasteiger partial charge in [0, 0.05) is 17.6 Å². The Morgan fingerprint density at radius 1 is 1.21 bits per heavy atom. The second-order valence-corrected chi connectivity index (χ2v) is 7.21. The molecule has 0 radical (unpaired) electrons. The van der Waals surface area contributed by atoms with E-state index in [9.17, 15) is 9.59 Å². The summed E-state index contributed by atoms with van der Waals surface area (Å²) in [5, 5.41) is 3.01. The van der Waals surface area contributed by atoms with Crippen molar-refractivity contribution in [2.75, 3.05) is 12.4 Å². The number of nitrogens with one attached hydrogen (secondary N) is 1. The number of benzene rings is 1. The van der Waals surface area contributed by atoms with Crippen LogP contribution in [0.25, 0.3) is 0 Å². The van der Waals surface area contributed by atoms with Crippen LogP contribution in [0.5, 0.6) is 0 Å². The van der Waals surface area contributed by atoms with Gasteiger partial charge in [-0.1, -0.05) is 6.42 Å². The van der Waals surface area contributed by atoms with Gasteiger partial charge in [-0.15, -0.1) is 0 Å². The van der Waals surface area contributed by atoms with Gasteiger partial charge in [-0.3, -0.25) is 4.79 Å². The quantitative estimate of drug-likeness (QED) is 0.835. The molecule has 0 aromatic heterocycles. The van der Waals surface area contributed by atoms with Crippen LogP contribution < -0.4 is 11.1 Å². The number of nitrogens with two attached hydrogens (primary N) is 1. The van der Waals surface area contributed by atoms with Crippen LogP contribution in [0.4, 0.5) is 5.69 Å². The van der Waals surface area contributed by atoms with Crippen molar-refractivity contribution < 1.29 is 14.3 Å². The maximum absolute atomic E-state index is 12.6. The highest BCUT2D eigenvalue weighted by Crippen LogP contribution is 2.42. The number of rotatable bonds is 3. The SMILES string of the molecule is COC(=O)c1ccc(NC(=O)C2CC3CCCC(C2)C3N)cc1C. The minimum absolute atomic E-state index is 0.0423. The number of anilines is 1. The molecule has 2 aliphatic rings. The fourth-order valence-electron chi connectivity index (χ4n) is 4.33. The summed E-state index contributed by atoms with van der Waals surface area (Å²) in [4.78, 5) is 24.3. The third-order valence-corrected chi connectivity index (χ3v) is 5.68. The first kappa shape index (κ1) is 17.0. The first-order chi connectivity index (χ1) is 11.5. The number of ether oxygens (including phenoxy) is 1. The molecule has 0 spiro atoms. The number of hydrogen-bond donors (Lipinski definition) is 2. The molecule has 2 aliphatic carbocycles. The van der Waals surface area contributed by atoms with Gasteiger partial charge in [0.15, 0.2) is 0 Å². The molecule has 5 heteroatoms. The highest BCUT2D eigenvalue weighted by molar-refractivity contribution is 5.95. The highest BCUT2D eigenvalue weighted by Gasteiger charge is 2.40. The standard InChI is InChI=1S/C19H26N2O3/c1-11-8-15(6-7-16(11)19(23)24-2)21-18(22)14-9-12-4-3-5-13(10-14)17(12)20/h6-8,12-14,17H,3-5,9-10,20H2,1-2H3,(H,21,22). The molecule has 0 aliphatic heterocycles. The normalized spacial score (nSPS) is 29.0. The first-order valence-electron chi connectivity index (χ1n) is 8.75. The summed E-state index contributed by atoms with van der Waals surface area (Å²) in [6.45, 7) is 1.84. The van der Waals surface area contributed by atoms with E-state index in [1.54, 1.807) is 12.1 Å². The predicted molar refractivity (Wildman–Crippen MR) is 92.7 cm³/mol. The van der Waals surface area contributed by atoms with Crippen LogP contribution in [0.1, 0.15) is 48.0 Å². The Labute approximate surface area is 142 Å². The number of aryl methyl sites for hydroxylation is 1. The van der Waals surface area contributed by atoms with Gasteiger partial charge in [0.1, 0.15) is 0 Å². The number of carbonyl (C=O) groups is 2. The van der Waals surface area contributed by atoms with Crippen molar-refractivity contribution in [1.82, 2.24) is 0 Å². The van der Waals surface area contributed by atoms with Crippen LogP contribution in [-0.4, -0.2) is 25.0 Å². The van der Waals surface area contributed by atoms with Crippen molar-refractivity contribution in [3.05, 3.63) is 29.3 Å². The Bertz CT molecular complexity index is 629. The second-order valence-electron chi connectivity index (χ2n) is 7.21. The molecule has 130 valence electrons. The summed E-state index contributed by atoms with van der Waals surface area (Å²) in [5.41, 5.74) is 8.34. The lowest BCUT2D eigenvalue weighted by Crippen LogP contribution is -2.48. The average molecular weight is 330 g/mol. The molecule has 0 saturated heterocycles. The van der Waals surface area contributed by atoms with E-state index in [-0.39, 0.29) is 23.8 Å². The molecule has 24 heavy (non-hydrogen) atoms. The zero-order valence-electron chi connectivity index (χ0n) is 14.4. The monoisotopic (exact) mass is 330 g/mol. The van der Waals surface area contributed by atoms with Gasteiger partial charge in [-0.2, -0.15) is 0 Å². The Kier molecular flexibility index (Phi) is 4.90. The topological polar surface area (TPSA) is 81.4 Å². The van der Waals surface area contributed by atoms with Crippen molar-refractivity contribution >= 4 is 17.6 Å². The first-order valence-corrected chi connectivity index (χ1v) is 8.75. The van der Waals surface area contributed by atoms with Crippen LogP contribution in [0.3, 0.4) is 0 Å². The molecule has 1 amide bonds. The molecule has 2 unspecified atom stereocenters. The molecule has 3 rings (SSSR count). The largest absolute Gasteiger partial charge is 0.465 e. The van der Waals surface area contributed by atoms with Crippen LogP contribution >= 0.6 is 0 Å². The van der Waals surface area contributed by atoms with Gasteiger partial charge in [-0.25, -0.2) is 4.79 Å². The minimum atomic E-state index is -0.362. The van der Waals surface area contributed by atoms with Crippen molar-refractivity contribution in [2.24, 2.45) is 23.5 Å². The van der Waals surface area contributed by atoms with Crippen molar-refractivity contribution in [3.8, 4) is 0 Å². The summed E-state index contributed by atoms with van der Waals surface area (Å²) in [6.07, 6.45) is 5.32. The smallest absolute Gasteiger partial charge is 0.338 e. The van der Waals surface area contributed by atoms with Crippen LogP contribution in [0, 0.1) is 24.7 Å². The second kappa shape index (κ2) is 6.93. The fourth-order valence-corrected chi connectivity index (χ4v) is 4.33. The van der Waals surface area contributed by atoms with Crippen LogP contribution in [-0.2, 0) is 9.53 Å². The van der Waals surface area contributed by atoms with Crippen molar-refractivity contribution in [2.45, 2.75) is 45.1 Å². The zero-order chi connectivity index (χ0) is 17.3. The summed E-state index contributed by atoms with van der Waals surface area (Å²) in [6, 6.07) is 5.54. The summed E-state index contributed by atoms with van der Waals surface area (Å²) in [7, 11) is 1.36. The van der Waals surface area contributed by atoms with E-state index in [1.165, 1.54) is 13.5 Å². The van der Waals surface area contributed by atoms with Gasteiger partial charge < -0.3 is 15.8 Å². The van der Waals surface area contributed by atoms with Gasteiger partial charge in [-0.05, 0) is 68.2 Å². The maximum atomic E-state index is 12.6. The molecule has 5 nitrogen and oxygen atoms in total. The van der Waals surface area contributed by atoms with E-state index in [0.717, 1.165) is 36.9 Å². The van der Waals surface area contributed by atoms with Crippen molar-refractivity contribution in [1.29, 1.82) is 0 Å². The van der Waals surface area contributed by atoms with Crippen molar-refractivity contribution in [3.63, 3.8) is 0 Å². The van der Waals surface area contributed by atoms with Gasteiger partial charge >= 0.3 is 5.97 Å². The van der Waals surface area contributed by atoms with E-state index in [0.29, 0.717) is 17.4 Å². The summed E-state index contributed by atoms with van der Waals surface area (Å²) in [5.74, 6) is 0.720. The minimum Gasteiger partial charge on any atom is -0.465 e. The number of methoxy groups -OCH3 is 1. The van der Waals surface area contributed by atoms with E-state index < -0.39 is 0 Å². The Morgan fingerprint density at radius 2 is 1.88 bits per heavy atom. The fraction of sp³-hybridized carbons (Fsp3) is 0.579. The summed E-state index contributed by atoms with van der Waals surface area (Å²) < 4.78 is 4.75. The van der Waals surface area contributed by atoms with Gasteiger partial charge in [0.2, 0.25) is 5.91 Å². The third-order valence-electron chi connectivity index (χ3n) is 5.68. The molecule has 0 heterocycles. The Hall–Kier alpha value is -1.88. The molecular weight excluding hydrogens is 304 g/mol. The highest BCUT2D eigenvalue weighted by atomic mass is 16.5. The number of amides is 1. The molecule has 2 atom stereocenters. The molecule has 2 saturated carbocycles. The lowest BCUT2D eigenvalue weighted by Gasteiger charge is -2.43. The molecule has 1 aromatic carbocycles. The zero-order valence-corrected chi connectivity index (χ0v) is 14.4. The average Bonchev–Trinajstić information content (AvgIpc) is 2.54.